The third-order valence-electron chi connectivity index (χ3n) is 3.62. The lowest BCUT2D eigenvalue weighted by Crippen LogP contribution is -2.46. The third kappa shape index (κ3) is 3.22. The number of benzene rings is 1. The maximum atomic E-state index is 12.1. The van der Waals surface area contributed by atoms with Crippen LogP contribution < -0.4 is 16.0 Å². The minimum absolute atomic E-state index is 0.104. The van der Waals surface area contributed by atoms with Gasteiger partial charge in [0.1, 0.15) is 0 Å². The minimum atomic E-state index is -0.721. The van der Waals surface area contributed by atoms with E-state index in [0.29, 0.717) is 24.3 Å². The lowest BCUT2D eigenvalue weighted by Gasteiger charge is -2.39. The highest BCUT2D eigenvalue weighted by Gasteiger charge is 2.30. The van der Waals surface area contributed by atoms with Crippen LogP contribution in [0.1, 0.15) is 37.0 Å². The Balaban J connectivity index is 2.34. The first-order valence-electron chi connectivity index (χ1n) is 7.08. The van der Waals surface area contributed by atoms with Gasteiger partial charge >= 0.3 is 0 Å². The summed E-state index contributed by atoms with van der Waals surface area (Å²) in [5, 5.41) is 13.0. The molecule has 1 unspecified atom stereocenters. The molecule has 0 aromatic heterocycles. The highest BCUT2D eigenvalue weighted by molar-refractivity contribution is 6.00. The largest absolute Gasteiger partial charge is 0.399 e. The predicted octanol–water partition coefficient (Wildman–Crippen LogP) is 1.37. The summed E-state index contributed by atoms with van der Waals surface area (Å²) in [5.74, 6) is -0.104. The van der Waals surface area contributed by atoms with Gasteiger partial charge in [-0.3, -0.25) is 4.79 Å². The average molecular weight is 277 g/mol. The highest BCUT2D eigenvalue weighted by atomic mass is 16.3. The Morgan fingerprint density at radius 3 is 2.95 bits per heavy atom. The van der Waals surface area contributed by atoms with Crippen LogP contribution in [0.4, 0.5) is 11.4 Å². The second kappa shape index (κ2) is 5.71. The molecule has 0 spiro atoms. The summed E-state index contributed by atoms with van der Waals surface area (Å²) < 4.78 is 0. The molecular formula is C15H23N3O2. The molecule has 20 heavy (non-hydrogen) atoms. The fourth-order valence-corrected chi connectivity index (χ4v) is 2.68. The van der Waals surface area contributed by atoms with E-state index in [4.69, 9.17) is 5.73 Å². The summed E-state index contributed by atoms with van der Waals surface area (Å²) in [5.41, 5.74) is 7.17. The van der Waals surface area contributed by atoms with Gasteiger partial charge in [-0.2, -0.15) is 0 Å². The van der Waals surface area contributed by atoms with Gasteiger partial charge in [0.2, 0.25) is 0 Å². The topological polar surface area (TPSA) is 78.6 Å². The molecule has 0 aliphatic carbocycles. The lowest BCUT2D eigenvalue weighted by molar-refractivity contribution is 0.0448. The molecule has 1 aliphatic rings. The molecule has 1 atom stereocenters. The summed E-state index contributed by atoms with van der Waals surface area (Å²) in [6, 6.07) is 5.29. The molecule has 5 nitrogen and oxygen atoms in total. The zero-order valence-electron chi connectivity index (χ0n) is 12.1. The maximum absolute atomic E-state index is 12.1. The molecule has 0 saturated carbocycles. The Morgan fingerprint density at radius 2 is 2.30 bits per heavy atom. The number of carbonyl (C=O) groups excluding carboxylic acids is 1. The number of nitrogens with two attached hydrogens (primary N) is 1. The first-order chi connectivity index (χ1) is 9.43. The fraction of sp³-hybridized carbons (Fsp3) is 0.533. The van der Waals surface area contributed by atoms with Crippen molar-refractivity contribution in [2.75, 3.05) is 30.3 Å². The average Bonchev–Trinajstić information content (AvgIpc) is 2.37. The Kier molecular flexibility index (Phi) is 4.18. The van der Waals surface area contributed by atoms with Gasteiger partial charge in [-0.1, -0.05) is 0 Å². The van der Waals surface area contributed by atoms with Crippen LogP contribution in [-0.2, 0) is 0 Å². The SMILES string of the molecule is CCNC(=O)c1ccc(N)cc1N1CCCC(C)(O)C1. The number of nitrogen functional groups attached to an aromatic ring is 1. The van der Waals surface area contributed by atoms with Crippen molar-refractivity contribution in [1.29, 1.82) is 0 Å². The Hall–Kier alpha value is -1.75. The van der Waals surface area contributed by atoms with Crippen molar-refractivity contribution in [2.45, 2.75) is 32.3 Å². The Labute approximate surface area is 119 Å². The third-order valence-corrected chi connectivity index (χ3v) is 3.62. The number of anilines is 2. The van der Waals surface area contributed by atoms with Crippen LogP contribution >= 0.6 is 0 Å². The van der Waals surface area contributed by atoms with Gasteiger partial charge in [0, 0.05) is 25.3 Å². The molecule has 4 N–H and O–H groups in total. The number of hydrogen-bond donors (Lipinski definition) is 3. The molecule has 1 heterocycles. The standard InChI is InChI=1S/C15H23N3O2/c1-3-17-14(19)12-6-5-11(16)9-13(12)18-8-4-7-15(2,20)10-18/h5-6,9,20H,3-4,7-8,10,16H2,1-2H3,(H,17,19). The Bertz CT molecular complexity index is 500. The predicted molar refractivity (Wildman–Crippen MR) is 80.9 cm³/mol. The monoisotopic (exact) mass is 277 g/mol. The van der Waals surface area contributed by atoms with Crippen LogP contribution in [-0.4, -0.2) is 36.2 Å². The highest BCUT2D eigenvalue weighted by Crippen LogP contribution is 2.29. The lowest BCUT2D eigenvalue weighted by atomic mass is 9.94. The maximum Gasteiger partial charge on any atom is 0.253 e. The van der Waals surface area contributed by atoms with E-state index in [-0.39, 0.29) is 5.91 Å². The van der Waals surface area contributed by atoms with E-state index in [1.807, 2.05) is 24.8 Å². The van der Waals surface area contributed by atoms with Gasteiger partial charge in [-0.05, 0) is 44.9 Å². The van der Waals surface area contributed by atoms with Gasteiger partial charge in [0.15, 0.2) is 0 Å². The molecule has 0 radical (unpaired) electrons. The second-order valence-electron chi connectivity index (χ2n) is 5.66. The number of rotatable bonds is 3. The summed E-state index contributed by atoms with van der Waals surface area (Å²) in [6.45, 7) is 5.65. The molecule has 1 amide bonds. The number of amides is 1. The minimum Gasteiger partial charge on any atom is -0.399 e. The van der Waals surface area contributed by atoms with E-state index in [2.05, 4.69) is 5.32 Å². The number of aliphatic hydroxyl groups is 1. The van der Waals surface area contributed by atoms with Gasteiger partial charge < -0.3 is 21.1 Å². The number of carbonyl (C=O) groups is 1. The van der Waals surface area contributed by atoms with E-state index >= 15 is 0 Å². The number of nitrogens with one attached hydrogen (secondary N) is 1. The van der Waals surface area contributed by atoms with Crippen LogP contribution in [0.15, 0.2) is 18.2 Å². The van der Waals surface area contributed by atoms with Gasteiger partial charge in [0.05, 0.1) is 16.9 Å². The molecule has 1 aliphatic heterocycles. The molecule has 1 saturated heterocycles. The van der Waals surface area contributed by atoms with E-state index < -0.39 is 5.60 Å². The second-order valence-corrected chi connectivity index (χ2v) is 5.66. The molecule has 110 valence electrons. The van der Waals surface area contributed by atoms with E-state index in [1.165, 1.54) is 0 Å². The molecule has 1 aromatic rings. The summed E-state index contributed by atoms with van der Waals surface area (Å²) in [6.07, 6.45) is 1.68. The first-order valence-corrected chi connectivity index (χ1v) is 7.08. The normalized spacial score (nSPS) is 22.6. The van der Waals surface area contributed by atoms with E-state index in [9.17, 15) is 9.90 Å². The zero-order valence-corrected chi connectivity index (χ0v) is 12.1. The van der Waals surface area contributed by atoms with Crippen LogP contribution in [0, 0.1) is 0 Å². The van der Waals surface area contributed by atoms with Crippen molar-refractivity contribution < 1.29 is 9.90 Å². The van der Waals surface area contributed by atoms with Crippen molar-refractivity contribution in [1.82, 2.24) is 5.32 Å². The summed E-state index contributed by atoms with van der Waals surface area (Å²) in [4.78, 5) is 14.2. The van der Waals surface area contributed by atoms with Crippen molar-refractivity contribution in [3.05, 3.63) is 23.8 Å². The van der Waals surface area contributed by atoms with Crippen molar-refractivity contribution in [3.8, 4) is 0 Å². The number of nitrogens with zero attached hydrogens (tertiary/aromatic N) is 1. The van der Waals surface area contributed by atoms with Crippen LogP contribution in [0.5, 0.6) is 0 Å². The molecule has 1 fully saturated rings. The summed E-state index contributed by atoms with van der Waals surface area (Å²) in [7, 11) is 0. The molecule has 5 heteroatoms. The van der Waals surface area contributed by atoms with E-state index in [0.717, 1.165) is 25.1 Å². The van der Waals surface area contributed by atoms with Crippen molar-refractivity contribution in [3.63, 3.8) is 0 Å². The smallest absolute Gasteiger partial charge is 0.253 e. The zero-order chi connectivity index (χ0) is 14.8. The molecule has 2 rings (SSSR count). The van der Waals surface area contributed by atoms with Crippen molar-refractivity contribution in [2.24, 2.45) is 0 Å². The number of piperidine rings is 1. The number of β-amino-alcohol motifs (C(OH)–C–C–N with tert-alkyl or cyclic N) is 1. The fourth-order valence-electron chi connectivity index (χ4n) is 2.68. The van der Waals surface area contributed by atoms with Crippen LogP contribution in [0.2, 0.25) is 0 Å². The number of hydrogen-bond acceptors (Lipinski definition) is 4. The molecular weight excluding hydrogens is 254 g/mol. The first kappa shape index (κ1) is 14.7. The van der Waals surface area contributed by atoms with Gasteiger partial charge in [0.25, 0.3) is 5.91 Å². The Morgan fingerprint density at radius 1 is 1.55 bits per heavy atom. The molecule has 0 bridgehead atoms. The van der Waals surface area contributed by atoms with Crippen LogP contribution in [0.25, 0.3) is 0 Å². The van der Waals surface area contributed by atoms with Crippen molar-refractivity contribution >= 4 is 17.3 Å². The molecule has 1 aromatic carbocycles. The quantitative estimate of drug-likeness (QED) is 0.729. The van der Waals surface area contributed by atoms with Gasteiger partial charge in [-0.25, -0.2) is 0 Å². The summed E-state index contributed by atoms with van der Waals surface area (Å²) >= 11 is 0. The van der Waals surface area contributed by atoms with Gasteiger partial charge in [-0.15, -0.1) is 0 Å². The van der Waals surface area contributed by atoms with E-state index in [1.54, 1.807) is 12.1 Å². The van der Waals surface area contributed by atoms with Crippen LogP contribution in [0.3, 0.4) is 0 Å².